The van der Waals surface area contributed by atoms with Crippen molar-refractivity contribution in [3.63, 3.8) is 0 Å². The Labute approximate surface area is 285 Å². The summed E-state index contributed by atoms with van der Waals surface area (Å²) < 4.78 is 11.1. The van der Waals surface area contributed by atoms with Gasteiger partial charge in [0, 0.05) is 6.42 Å². The van der Waals surface area contributed by atoms with Crippen LogP contribution in [-0.4, -0.2) is 87.5 Å². The van der Waals surface area contributed by atoms with E-state index in [4.69, 9.17) is 9.47 Å². The van der Waals surface area contributed by atoms with Crippen LogP contribution in [0.25, 0.3) is 0 Å². The summed E-state index contributed by atoms with van der Waals surface area (Å²) >= 11 is 0. The number of hydrogen-bond acceptors (Lipinski definition) is 8. The van der Waals surface area contributed by atoms with Crippen LogP contribution in [0.4, 0.5) is 0 Å². The maximum absolute atomic E-state index is 12.8. The molecule has 0 aromatic heterocycles. The average Bonchev–Trinajstić information content (AvgIpc) is 3.07. The van der Waals surface area contributed by atoms with Crippen LogP contribution < -0.4 is 5.32 Å². The molecular formula is C38H69NO8. The topological polar surface area (TPSA) is 149 Å². The first-order chi connectivity index (χ1) is 22.8. The zero-order valence-electron chi connectivity index (χ0n) is 29.5. The van der Waals surface area contributed by atoms with Gasteiger partial charge in [-0.15, -0.1) is 0 Å². The molecule has 0 bridgehead atoms. The van der Waals surface area contributed by atoms with E-state index in [1.165, 1.54) is 70.6 Å². The van der Waals surface area contributed by atoms with E-state index in [1.54, 1.807) is 6.08 Å². The molecule has 1 heterocycles. The van der Waals surface area contributed by atoms with Crippen LogP contribution in [-0.2, 0) is 14.3 Å². The first kappa shape index (κ1) is 43.4. The molecule has 9 heteroatoms. The molecular weight excluding hydrogens is 598 g/mol. The van der Waals surface area contributed by atoms with E-state index in [9.17, 15) is 30.3 Å². The van der Waals surface area contributed by atoms with E-state index >= 15 is 0 Å². The fourth-order valence-electron chi connectivity index (χ4n) is 5.60. The van der Waals surface area contributed by atoms with Gasteiger partial charge in [0.25, 0.3) is 0 Å². The van der Waals surface area contributed by atoms with Gasteiger partial charge in [0.15, 0.2) is 6.29 Å². The molecule has 1 saturated heterocycles. The lowest BCUT2D eigenvalue weighted by molar-refractivity contribution is -0.302. The van der Waals surface area contributed by atoms with Crippen molar-refractivity contribution in [2.75, 3.05) is 13.2 Å². The van der Waals surface area contributed by atoms with E-state index in [-0.39, 0.29) is 12.5 Å². The van der Waals surface area contributed by atoms with Crippen molar-refractivity contribution in [3.05, 3.63) is 36.5 Å². The van der Waals surface area contributed by atoms with Gasteiger partial charge in [0.05, 0.1) is 25.4 Å². The number of nitrogens with one attached hydrogen (secondary N) is 1. The van der Waals surface area contributed by atoms with E-state index in [0.717, 1.165) is 51.4 Å². The molecule has 0 radical (unpaired) electrons. The van der Waals surface area contributed by atoms with Crippen molar-refractivity contribution in [2.24, 2.45) is 0 Å². The SMILES string of the molecule is CCCCCC/C=C/CC/C=C/CC/C=C/C(O)C(COC1OC(CO)C(O)C(O)C1O)NC(=O)CCCCCCCCCCCC. The zero-order valence-corrected chi connectivity index (χ0v) is 29.5. The highest BCUT2D eigenvalue weighted by molar-refractivity contribution is 5.76. The summed E-state index contributed by atoms with van der Waals surface area (Å²) in [6.07, 6.45) is 26.2. The van der Waals surface area contributed by atoms with Crippen LogP contribution in [0, 0.1) is 0 Å². The Hall–Kier alpha value is -1.59. The zero-order chi connectivity index (χ0) is 34.5. The lowest BCUT2D eigenvalue weighted by Gasteiger charge is -2.40. The average molecular weight is 668 g/mol. The number of hydrogen-bond donors (Lipinski definition) is 6. The first-order valence-corrected chi connectivity index (χ1v) is 18.7. The summed E-state index contributed by atoms with van der Waals surface area (Å²) in [6.45, 7) is 3.67. The molecule has 0 aromatic carbocycles. The summed E-state index contributed by atoms with van der Waals surface area (Å²) in [5.41, 5.74) is 0. The van der Waals surface area contributed by atoms with Crippen LogP contribution in [0.1, 0.15) is 142 Å². The fraction of sp³-hybridized carbons (Fsp3) is 0.816. The third-order valence-electron chi connectivity index (χ3n) is 8.70. The molecule has 1 fully saturated rings. The molecule has 0 saturated carbocycles. The number of amides is 1. The van der Waals surface area contributed by atoms with Crippen molar-refractivity contribution < 1.29 is 39.8 Å². The number of ether oxygens (including phenoxy) is 2. The molecule has 1 aliphatic rings. The second-order valence-electron chi connectivity index (χ2n) is 13.0. The molecule has 0 aliphatic carbocycles. The number of allylic oxidation sites excluding steroid dienone is 5. The lowest BCUT2D eigenvalue weighted by Crippen LogP contribution is -2.60. The molecule has 274 valence electrons. The van der Waals surface area contributed by atoms with Crippen LogP contribution in [0.3, 0.4) is 0 Å². The molecule has 0 aromatic rings. The normalized spacial score (nSPS) is 23.3. The van der Waals surface area contributed by atoms with Crippen LogP contribution in [0.5, 0.6) is 0 Å². The van der Waals surface area contributed by atoms with Gasteiger partial charge >= 0.3 is 0 Å². The van der Waals surface area contributed by atoms with Gasteiger partial charge in [-0.3, -0.25) is 4.79 Å². The van der Waals surface area contributed by atoms with Gasteiger partial charge < -0.3 is 40.3 Å². The minimum atomic E-state index is -1.57. The highest BCUT2D eigenvalue weighted by Crippen LogP contribution is 2.22. The van der Waals surface area contributed by atoms with Crippen LogP contribution >= 0.6 is 0 Å². The molecule has 7 unspecified atom stereocenters. The first-order valence-electron chi connectivity index (χ1n) is 18.7. The number of carbonyl (C=O) groups excluding carboxylic acids is 1. The van der Waals surface area contributed by atoms with Crippen molar-refractivity contribution in [1.82, 2.24) is 5.32 Å². The smallest absolute Gasteiger partial charge is 0.220 e. The quantitative estimate of drug-likeness (QED) is 0.0411. The Kier molecular flexibility index (Phi) is 27.1. The van der Waals surface area contributed by atoms with E-state index in [1.807, 2.05) is 6.08 Å². The van der Waals surface area contributed by atoms with E-state index in [2.05, 4.69) is 43.5 Å². The van der Waals surface area contributed by atoms with Gasteiger partial charge in [-0.05, 0) is 44.9 Å². The minimum absolute atomic E-state index is 0.197. The molecule has 7 atom stereocenters. The standard InChI is InChI=1S/C38H69NO8/c1-3-5-7-9-11-13-15-16-17-18-19-21-23-25-27-32(41)31(30-46-38-37(45)36(44)35(43)33(29-40)47-38)39-34(42)28-26-24-22-20-14-12-10-8-6-4-2/h13,15,18-19,25,27,31-33,35-38,40-41,43-45H,3-12,14,16-17,20-24,26,28-30H2,1-2H3,(H,39,42)/b15-13+,19-18+,27-25+. The number of aliphatic hydroxyl groups excluding tert-OH is 5. The molecule has 1 amide bonds. The minimum Gasteiger partial charge on any atom is -0.394 e. The third-order valence-corrected chi connectivity index (χ3v) is 8.70. The monoisotopic (exact) mass is 668 g/mol. The van der Waals surface area contributed by atoms with Gasteiger partial charge in [-0.25, -0.2) is 0 Å². The molecule has 0 spiro atoms. The van der Waals surface area contributed by atoms with Crippen molar-refractivity contribution in [1.29, 1.82) is 0 Å². The maximum atomic E-state index is 12.8. The van der Waals surface area contributed by atoms with Gasteiger partial charge in [-0.2, -0.15) is 0 Å². The van der Waals surface area contributed by atoms with Crippen LogP contribution in [0.15, 0.2) is 36.5 Å². The number of carbonyl (C=O) groups is 1. The fourth-order valence-corrected chi connectivity index (χ4v) is 5.60. The summed E-state index contributed by atoms with van der Waals surface area (Å²) in [6, 6.07) is -0.821. The predicted molar refractivity (Wildman–Crippen MR) is 189 cm³/mol. The Balaban J connectivity index is 2.53. The highest BCUT2D eigenvalue weighted by atomic mass is 16.7. The predicted octanol–water partition coefficient (Wildman–Crippen LogP) is 6.16. The van der Waals surface area contributed by atoms with Crippen molar-refractivity contribution in [2.45, 2.75) is 185 Å². The van der Waals surface area contributed by atoms with E-state index in [0.29, 0.717) is 6.42 Å². The van der Waals surface area contributed by atoms with Crippen molar-refractivity contribution >= 4 is 5.91 Å². The summed E-state index contributed by atoms with van der Waals surface area (Å²) in [4.78, 5) is 12.8. The maximum Gasteiger partial charge on any atom is 0.220 e. The molecule has 47 heavy (non-hydrogen) atoms. The van der Waals surface area contributed by atoms with Crippen molar-refractivity contribution in [3.8, 4) is 0 Å². The Morgan fingerprint density at radius 1 is 0.702 bits per heavy atom. The number of aliphatic hydroxyl groups is 5. The lowest BCUT2D eigenvalue weighted by atomic mass is 9.99. The summed E-state index contributed by atoms with van der Waals surface area (Å²) in [7, 11) is 0. The van der Waals surface area contributed by atoms with Crippen LogP contribution in [0.2, 0.25) is 0 Å². The van der Waals surface area contributed by atoms with Gasteiger partial charge in [0.2, 0.25) is 5.91 Å². The largest absolute Gasteiger partial charge is 0.394 e. The Morgan fingerprint density at radius 2 is 1.21 bits per heavy atom. The molecule has 9 nitrogen and oxygen atoms in total. The second-order valence-corrected chi connectivity index (χ2v) is 13.0. The molecule has 1 aliphatic heterocycles. The number of rotatable bonds is 29. The second kappa shape index (κ2) is 29.3. The summed E-state index contributed by atoms with van der Waals surface area (Å²) in [5.74, 6) is -0.197. The van der Waals surface area contributed by atoms with E-state index < -0.39 is 49.5 Å². The molecule has 6 N–H and O–H groups in total. The third kappa shape index (κ3) is 21.2. The number of unbranched alkanes of at least 4 members (excludes halogenated alkanes) is 15. The van der Waals surface area contributed by atoms with Gasteiger partial charge in [0.1, 0.15) is 24.4 Å². The highest BCUT2D eigenvalue weighted by Gasteiger charge is 2.44. The summed E-state index contributed by atoms with van der Waals surface area (Å²) in [5, 5.41) is 53.8. The Morgan fingerprint density at radius 3 is 1.79 bits per heavy atom. The molecule has 1 rings (SSSR count). The van der Waals surface area contributed by atoms with Gasteiger partial charge in [-0.1, -0.05) is 127 Å². The Bertz CT molecular complexity index is 833.